The third kappa shape index (κ3) is 2.44. The van der Waals surface area contributed by atoms with Crippen LogP contribution in [0.25, 0.3) is 5.65 Å². The van der Waals surface area contributed by atoms with Gasteiger partial charge in [-0.3, -0.25) is 0 Å². The molecule has 0 radical (unpaired) electrons. The van der Waals surface area contributed by atoms with Crippen LogP contribution < -0.4 is 16.3 Å². The Morgan fingerprint density at radius 1 is 1.47 bits per heavy atom. The van der Waals surface area contributed by atoms with Crippen LogP contribution in [0, 0.1) is 6.92 Å². The lowest BCUT2D eigenvalue weighted by molar-refractivity contribution is 0.737. The minimum absolute atomic E-state index is 0.260. The highest BCUT2D eigenvalue weighted by Crippen LogP contribution is 2.06. The van der Waals surface area contributed by atoms with E-state index in [1.807, 2.05) is 0 Å². The van der Waals surface area contributed by atoms with Crippen LogP contribution in [-0.4, -0.2) is 39.2 Å². The number of nitrogens with one attached hydrogen (secondary N) is 3. The van der Waals surface area contributed by atoms with Crippen molar-refractivity contribution in [1.29, 1.82) is 0 Å². The number of hydrogen-bond donors (Lipinski definition) is 3. The third-order valence-corrected chi connectivity index (χ3v) is 2.43. The van der Waals surface area contributed by atoms with Crippen LogP contribution >= 0.6 is 0 Å². The highest BCUT2D eigenvalue weighted by atomic mass is 16.1. The molecule has 0 aliphatic carbocycles. The van der Waals surface area contributed by atoms with Crippen molar-refractivity contribution in [2.45, 2.75) is 13.8 Å². The fourth-order valence-corrected chi connectivity index (χ4v) is 1.64. The third-order valence-electron chi connectivity index (χ3n) is 2.43. The number of H-pyrrole nitrogens is 1. The zero-order valence-corrected chi connectivity index (χ0v) is 9.95. The first kappa shape index (κ1) is 11.6. The van der Waals surface area contributed by atoms with Gasteiger partial charge < -0.3 is 10.6 Å². The van der Waals surface area contributed by atoms with Gasteiger partial charge >= 0.3 is 5.69 Å². The summed E-state index contributed by atoms with van der Waals surface area (Å²) >= 11 is 0. The van der Waals surface area contributed by atoms with Gasteiger partial charge in [-0.05, 0) is 13.5 Å². The van der Waals surface area contributed by atoms with Crippen molar-refractivity contribution in [2.24, 2.45) is 0 Å². The second-order valence-corrected chi connectivity index (χ2v) is 3.69. The summed E-state index contributed by atoms with van der Waals surface area (Å²) in [7, 11) is 0. The van der Waals surface area contributed by atoms with Gasteiger partial charge in [-0.15, -0.1) is 0 Å². The van der Waals surface area contributed by atoms with Crippen LogP contribution in [0.5, 0.6) is 0 Å². The Balaban J connectivity index is 2.16. The van der Waals surface area contributed by atoms with Gasteiger partial charge in [0.2, 0.25) is 0 Å². The molecule has 0 saturated heterocycles. The second kappa shape index (κ2) is 4.96. The van der Waals surface area contributed by atoms with Gasteiger partial charge in [0, 0.05) is 19.2 Å². The molecule has 0 amide bonds. The number of fused-ring (bicyclic) bond motifs is 1. The predicted molar refractivity (Wildman–Crippen MR) is 65.4 cm³/mol. The van der Waals surface area contributed by atoms with Crippen LogP contribution in [-0.2, 0) is 0 Å². The second-order valence-electron chi connectivity index (χ2n) is 3.69. The monoisotopic (exact) mass is 236 g/mol. The number of nitrogens with zero attached hydrogens (tertiary/aromatic N) is 3. The number of rotatable bonds is 5. The fraction of sp³-hybridized carbons (Fsp3) is 0.500. The number of aryl methyl sites for hydroxylation is 1. The molecule has 0 atom stereocenters. The molecule has 0 saturated carbocycles. The summed E-state index contributed by atoms with van der Waals surface area (Å²) in [5.74, 6) is 1.35. The largest absolute Gasteiger partial charge is 0.369 e. The van der Waals surface area contributed by atoms with Crippen LogP contribution in [0.1, 0.15) is 12.7 Å². The molecule has 0 aromatic carbocycles. The van der Waals surface area contributed by atoms with E-state index in [-0.39, 0.29) is 5.69 Å². The molecular weight excluding hydrogens is 220 g/mol. The Morgan fingerprint density at radius 3 is 3.06 bits per heavy atom. The zero-order valence-electron chi connectivity index (χ0n) is 9.95. The quantitative estimate of drug-likeness (QED) is 0.623. The molecular formula is C10H16N6O. The highest BCUT2D eigenvalue weighted by molar-refractivity contribution is 5.49. The SMILES string of the molecule is CCNCCNc1cc2n[nH]c(=O)n2c(C)n1. The fourth-order valence-electron chi connectivity index (χ4n) is 1.64. The first-order valence-corrected chi connectivity index (χ1v) is 5.61. The predicted octanol–water partition coefficient (Wildman–Crippen LogP) is -0.253. The van der Waals surface area contributed by atoms with Gasteiger partial charge in [-0.25, -0.2) is 19.3 Å². The topological polar surface area (TPSA) is 87.1 Å². The van der Waals surface area contributed by atoms with Crippen LogP contribution in [0.15, 0.2) is 10.9 Å². The molecule has 2 aromatic rings. The van der Waals surface area contributed by atoms with Gasteiger partial charge in [-0.2, -0.15) is 5.10 Å². The van der Waals surface area contributed by atoms with Crippen LogP contribution in [0.3, 0.4) is 0 Å². The molecule has 92 valence electrons. The van der Waals surface area contributed by atoms with E-state index in [1.165, 1.54) is 4.40 Å². The Hall–Kier alpha value is -1.89. The van der Waals surface area contributed by atoms with E-state index in [4.69, 9.17) is 0 Å². The van der Waals surface area contributed by atoms with Crippen molar-refractivity contribution < 1.29 is 0 Å². The summed E-state index contributed by atoms with van der Waals surface area (Å²) in [5, 5.41) is 12.7. The summed E-state index contributed by atoms with van der Waals surface area (Å²) in [6, 6.07) is 1.75. The van der Waals surface area contributed by atoms with Gasteiger partial charge in [-0.1, -0.05) is 6.92 Å². The summed E-state index contributed by atoms with van der Waals surface area (Å²) in [6.45, 7) is 6.44. The van der Waals surface area contributed by atoms with E-state index >= 15 is 0 Å². The molecule has 0 unspecified atom stereocenters. The molecule has 2 aromatic heterocycles. The van der Waals surface area contributed by atoms with Gasteiger partial charge in [0.25, 0.3) is 0 Å². The Labute approximate surface area is 98.3 Å². The van der Waals surface area contributed by atoms with E-state index < -0.39 is 0 Å². The number of anilines is 1. The minimum Gasteiger partial charge on any atom is -0.369 e. The summed E-state index contributed by atoms with van der Waals surface area (Å²) < 4.78 is 1.44. The van der Waals surface area contributed by atoms with Crippen molar-refractivity contribution in [2.75, 3.05) is 25.0 Å². The van der Waals surface area contributed by atoms with E-state index in [9.17, 15) is 4.79 Å². The molecule has 3 N–H and O–H groups in total. The lowest BCUT2D eigenvalue weighted by Gasteiger charge is -2.07. The van der Waals surface area contributed by atoms with Gasteiger partial charge in [0.1, 0.15) is 11.6 Å². The van der Waals surface area contributed by atoms with Crippen molar-refractivity contribution in [3.05, 3.63) is 22.4 Å². The zero-order chi connectivity index (χ0) is 12.3. The molecule has 0 aliphatic heterocycles. The van der Waals surface area contributed by atoms with Crippen molar-refractivity contribution in [3.8, 4) is 0 Å². The Kier molecular flexibility index (Phi) is 3.38. The van der Waals surface area contributed by atoms with Gasteiger partial charge in [0.05, 0.1) is 0 Å². The number of likely N-dealkylation sites (N-methyl/N-ethyl adjacent to an activating group) is 1. The summed E-state index contributed by atoms with van der Waals surface area (Å²) in [6.07, 6.45) is 0. The molecule has 0 aliphatic rings. The van der Waals surface area contributed by atoms with Crippen molar-refractivity contribution >= 4 is 11.5 Å². The van der Waals surface area contributed by atoms with Crippen molar-refractivity contribution in [1.82, 2.24) is 24.9 Å². The normalized spacial score (nSPS) is 10.9. The van der Waals surface area contributed by atoms with E-state index in [1.54, 1.807) is 13.0 Å². The molecule has 2 heterocycles. The summed E-state index contributed by atoms with van der Waals surface area (Å²) in [5.41, 5.74) is 0.317. The lowest BCUT2D eigenvalue weighted by Crippen LogP contribution is -2.22. The molecule has 0 fully saturated rings. The van der Waals surface area contributed by atoms with Crippen LogP contribution in [0.4, 0.5) is 5.82 Å². The number of hydrogen-bond acceptors (Lipinski definition) is 5. The maximum absolute atomic E-state index is 11.4. The van der Waals surface area contributed by atoms with Crippen molar-refractivity contribution in [3.63, 3.8) is 0 Å². The average Bonchev–Trinajstić information content (AvgIpc) is 2.67. The lowest BCUT2D eigenvalue weighted by atomic mass is 10.5. The number of aromatic amines is 1. The number of aromatic nitrogens is 4. The molecule has 0 spiro atoms. The average molecular weight is 236 g/mol. The molecule has 7 heteroatoms. The molecule has 17 heavy (non-hydrogen) atoms. The summed E-state index contributed by atoms with van der Waals surface area (Å²) in [4.78, 5) is 15.7. The van der Waals surface area contributed by atoms with E-state index in [2.05, 4.69) is 32.7 Å². The smallest absolute Gasteiger partial charge is 0.349 e. The minimum atomic E-state index is -0.260. The molecule has 0 bridgehead atoms. The van der Waals surface area contributed by atoms with Gasteiger partial charge in [0.15, 0.2) is 5.65 Å². The highest BCUT2D eigenvalue weighted by Gasteiger charge is 2.05. The maximum Gasteiger partial charge on any atom is 0.349 e. The standard InChI is InChI=1S/C10H16N6O/c1-3-11-4-5-12-8-6-9-14-15-10(17)16(9)7(2)13-8/h6,11-12H,3-5H2,1-2H3,(H,15,17). The maximum atomic E-state index is 11.4. The first-order valence-electron chi connectivity index (χ1n) is 5.61. The van der Waals surface area contributed by atoms with E-state index in [0.717, 1.165) is 25.5 Å². The molecule has 2 rings (SSSR count). The molecule has 7 nitrogen and oxygen atoms in total. The van der Waals surface area contributed by atoms with E-state index in [0.29, 0.717) is 11.5 Å². The Morgan fingerprint density at radius 2 is 2.29 bits per heavy atom. The first-order chi connectivity index (χ1) is 8.22. The van der Waals surface area contributed by atoms with Crippen LogP contribution in [0.2, 0.25) is 0 Å². The Bertz CT molecular complexity index is 557.